The van der Waals surface area contributed by atoms with E-state index < -0.39 is 0 Å². The number of aryl methyl sites for hydroxylation is 1. The van der Waals surface area contributed by atoms with Crippen molar-refractivity contribution in [2.45, 2.75) is 25.8 Å². The Kier molecular flexibility index (Phi) is 2.11. The summed E-state index contributed by atoms with van der Waals surface area (Å²) < 4.78 is 0. The molecule has 1 N–H and O–H groups in total. The minimum absolute atomic E-state index is 0.158. The molecule has 0 radical (unpaired) electrons. The van der Waals surface area contributed by atoms with Crippen LogP contribution in [0.2, 0.25) is 0 Å². The summed E-state index contributed by atoms with van der Waals surface area (Å²) in [5.74, 6) is 0. The van der Waals surface area contributed by atoms with Gasteiger partial charge in [0.2, 0.25) is 0 Å². The minimum atomic E-state index is -0.360. The van der Waals surface area contributed by atoms with Crippen LogP contribution in [0.25, 0.3) is 0 Å². The van der Waals surface area contributed by atoms with Crippen LogP contribution in [0.5, 0.6) is 0 Å². The first-order chi connectivity index (χ1) is 6.66. The van der Waals surface area contributed by atoms with Crippen molar-refractivity contribution in [1.82, 2.24) is 0 Å². The topological polar surface area (TPSA) is 55.2 Å². The van der Waals surface area contributed by atoms with Crippen molar-refractivity contribution in [1.29, 1.82) is 0 Å². The average Bonchev–Trinajstić information content (AvgIpc) is 2.16. The molecule has 0 spiro atoms. The predicted octanol–water partition coefficient (Wildman–Crippen LogP) is 2.34. The number of non-ortho nitro benzene ring substituents is 1. The fourth-order valence-corrected chi connectivity index (χ4v) is 1.74. The van der Waals surface area contributed by atoms with Gasteiger partial charge in [0.1, 0.15) is 0 Å². The van der Waals surface area contributed by atoms with Gasteiger partial charge in [-0.2, -0.15) is 0 Å². The van der Waals surface area contributed by atoms with Crippen molar-refractivity contribution >= 4 is 11.4 Å². The highest BCUT2D eigenvalue weighted by atomic mass is 16.6. The molecule has 1 atom stereocenters. The van der Waals surface area contributed by atoms with Gasteiger partial charge in [-0.25, -0.2) is 0 Å². The molecule has 0 amide bonds. The Balaban J connectivity index is 2.37. The van der Waals surface area contributed by atoms with Gasteiger partial charge >= 0.3 is 0 Å². The van der Waals surface area contributed by atoms with E-state index in [-0.39, 0.29) is 10.6 Å². The van der Waals surface area contributed by atoms with Crippen LogP contribution in [0.4, 0.5) is 11.4 Å². The van der Waals surface area contributed by atoms with Gasteiger partial charge in [0.25, 0.3) is 5.69 Å². The Labute approximate surface area is 82.1 Å². The second-order valence-electron chi connectivity index (χ2n) is 3.68. The Bertz CT molecular complexity index is 376. The van der Waals surface area contributed by atoms with Gasteiger partial charge in [0.05, 0.1) is 4.92 Å². The number of nitro benzene ring substituents is 1. The van der Waals surface area contributed by atoms with Crippen molar-refractivity contribution in [3.8, 4) is 0 Å². The molecule has 0 aliphatic carbocycles. The Morgan fingerprint density at radius 3 is 3.07 bits per heavy atom. The number of nitrogens with one attached hydrogen (secondary N) is 1. The number of nitro groups is 1. The zero-order chi connectivity index (χ0) is 10.1. The van der Waals surface area contributed by atoms with Crippen molar-refractivity contribution in [3.05, 3.63) is 33.9 Å². The maximum absolute atomic E-state index is 10.5. The van der Waals surface area contributed by atoms with Gasteiger partial charge in [-0.05, 0) is 25.3 Å². The SMILES string of the molecule is C[C@@H]1CCc2ccc([N+](=O)[O-])cc2N1. The number of benzene rings is 1. The maximum Gasteiger partial charge on any atom is 0.271 e. The zero-order valence-corrected chi connectivity index (χ0v) is 7.99. The predicted molar refractivity (Wildman–Crippen MR) is 54.5 cm³/mol. The highest BCUT2D eigenvalue weighted by Crippen LogP contribution is 2.28. The van der Waals surface area contributed by atoms with Crippen LogP contribution in [0.15, 0.2) is 18.2 Å². The van der Waals surface area contributed by atoms with E-state index in [2.05, 4.69) is 12.2 Å². The van der Waals surface area contributed by atoms with Gasteiger partial charge in [-0.1, -0.05) is 6.07 Å². The highest BCUT2D eigenvalue weighted by Gasteiger charge is 2.16. The van der Waals surface area contributed by atoms with Crippen molar-refractivity contribution in [2.24, 2.45) is 0 Å². The molecule has 0 fully saturated rings. The van der Waals surface area contributed by atoms with Gasteiger partial charge < -0.3 is 5.32 Å². The summed E-state index contributed by atoms with van der Waals surface area (Å²) in [6.07, 6.45) is 2.09. The third-order valence-corrected chi connectivity index (χ3v) is 2.55. The molecule has 14 heavy (non-hydrogen) atoms. The average molecular weight is 192 g/mol. The molecule has 0 saturated heterocycles. The first kappa shape index (κ1) is 8.99. The monoisotopic (exact) mass is 192 g/mol. The van der Waals surface area contributed by atoms with Crippen LogP contribution < -0.4 is 5.32 Å². The first-order valence-corrected chi connectivity index (χ1v) is 4.70. The largest absolute Gasteiger partial charge is 0.382 e. The van der Waals surface area contributed by atoms with Gasteiger partial charge in [-0.3, -0.25) is 10.1 Å². The van der Waals surface area contributed by atoms with E-state index in [1.165, 1.54) is 5.56 Å². The fourth-order valence-electron chi connectivity index (χ4n) is 1.74. The molecule has 0 bridgehead atoms. The summed E-state index contributed by atoms with van der Waals surface area (Å²) in [7, 11) is 0. The second-order valence-corrected chi connectivity index (χ2v) is 3.68. The fraction of sp³-hybridized carbons (Fsp3) is 0.400. The summed E-state index contributed by atoms with van der Waals surface area (Å²) in [6.45, 7) is 2.09. The Morgan fingerprint density at radius 1 is 1.57 bits per heavy atom. The molecule has 0 aromatic heterocycles. The normalized spacial score (nSPS) is 19.6. The van der Waals surface area contributed by atoms with E-state index >= 15 is 0 Å². The molecule has 4 nitrogen and oxygen atoms in total. The smallest absolute Gasteiger partial charge is 0.271 e. The lowest BCUT2D eigenvalue weighted by Gasteiger charge is -2.23. The number of hydrogen-bond acceptors (Lipinski definition) is 3. The molecule has 1 heterocycles. The Hall–Kier alpha value is -1.58. The van der Waals surface area contributed by atoms with Crippen LogP contribution in [0, 0.1) is 10.1 Å². The third-order valence-electron chi connectivity index (χ3n) is 2.55. The van der Waals surface area contributed by atoms with Crippen LogP contribution in [-0.4, -0.2) is 11.0 Å². The van der Waals surface area contributed by atoms with Crippen LogP contribution >= 0.6 is 0 Å². The van der Waals surface area contributed by atoms with Crippen molar-refractivity contribution < 1.29 is 4.92 Å². The van der Waals surface area contributed by atoms with Crippen LogP contribution in [0.1, 0.15) is 18.9 Å². The van der Waals surface area contributed by atoms with E-state index in [9.17, 15) is 10.1 Å². The molecule has 1 aromatic rings. The molecular weight excluding hydrogens is 180 g/mol. The molecule has 1 aliphatic rings. The quantitative estimate of drug-likeness (QED) is 0.548. The molecule has 0 unspecified atom stereocenters. The van der Waals surface area contributed by atoms with Crippen molar-refractivity contribution in [3.63, 3.8) is 0 Å². The van der Waals surface area contributed by atoms with Crippen LogP contribution in [-0.2, 0) is 6.42 Å². The number of anilines is 1. The number of fused-ring (bicyclic) bond motifs is 1. The third kappa shape index (κ3) is 1.55. The Morgan fingerprint density at radius 2 is 2.36 bits per heavy atom. The summed E-state index contributed by atoms with van der Waals surface area (Å²) in [4.78, 5) is 10.2. The first-order valence-electron chi connectivity index (χ1n) is 4.70. The summed E-state index contributed by atoms with van der Waals surface area (Å²) in [6, 6.07) is 5.43. The van der Waals surface area contributed by atoms with E-state index in [4.69, 9.17) is 0 Å². The van der Waals surface area contributed by atoms with E-state index in [0.29, 0.717) is 6.04 Å². The molecule has 0 saturated carbocycles. The summed E-state index contributed by atoms with van der Waals surface area (Å²) >= 11 is 0. The van der Waals surface area contributed by atoms with Crippen molar-refractivity contribution in [2.75, 3.05) is 5.32 Å². The lowest BCUT2D eigenvalue weighted by Crippen LogP contribution is -2.21. The van der Waals surface area contributed by atoms with Gasteiger partial charge in [0.15, 0.2) is 0 Å². The maximum atomic E-state index is 10.5. The number of nitrogens with zero attached hydrogens (tertiary/aromatic N) is 1. The molecule has 2 rings (SSSR count). The minimum Gasteiger partial charge on any atom is -0.382 e. The lowest BCUT2D eigenvalue weighted by molar-refractivity contribution is -0.384. The second kappa shape index (κ2) is 3.29. The molecule has 4 heteroatoms. The number of rotatable bonds is 1. The van der Waals surface area contributed by atoms with E-state index in [1.54, 1.807) is 12.1 Å². The highest BCUT2D eigenvalue weighted by molar-refractivity contribution is 5.59. The zero-order valence-electron chi connectivity index (χ0n) is 7.99. The number of hydrogen-bond donors (Lipinski definition) is 1. The molecule has 74 valence electrons. The molecule has 1 aliphatic heterocycles. The molecule has 1 aromatic carbocycles. The van der Waals surface area contributed by atoms with Gasteiger partial charge in [-0.15, -0.1) is 0 Å². The lowest BCUT2D eigenvalue weighted by atomic mass is 9.99. The van der Waals surface area contributed by atoms with Crippen LogP contribution in [0.3, 0.4) is 0 Å². The molecular formula is C10H12N2O2. The van der Waals surface area contributed by atoms with Gasteiger partial charge in [0, 0.05) is 23.9 Å². The standard InChI is InChI=1S/C10H12N2O2/c1-7-2-3-8-4-5-9(12(13)14)6-10(8)11-7/h4-7,11H,2-3H2,1H3/t7-/m1/s1. The van der Waals surface area contributed by atoms with E-state index in [1.807, 2.05) is 6.07 Å². The summed E-state index contributed by atoms with van der Waals surface area (Å²) in [5.41, 5.74) is 2.25. The van der Waals surface area contributed by atoms with E-state index in [0.717, 1.165) is 18.5 Å². The summed E-state index contributed by atoms with van der Waals surface area (Å²) in [5, 5.41) is 13.8.